The van der Waals surface area contributed by atoms with Crippen LogP contribution in [0.3, 0.4) is 0 Å². The fourth-order valence-corrected chi connectivity index (χ4v) is 3.07. The van der Waals surface area contributed by atoms with Gasteiger partial charge in [0.05, 0.1) is 10.9 Å². The van der Waals surface area contributed by atoms with Crippen LogP contribution in [0.5, 0.6) is 5.75 Å². The van der Waals surface area contributed by atoms with Crippen LogP contribution < -0.4 is 14.8 Å². The molecule has 2 aromatic rings. The molecular formula is C19H24N2O4S. The van der Waals surface area contributed by atoms with Crippen LogP contribution in [0.4, 0.5) is 0 Å². The van der Waals surface area contributed by atoms with Gasteiger partial charge in [0.25, 0.3) is 5.91 Å². The van der Waals surface area contributed by atoms with E-state index in [9.17, 15) is 13.2 Å². The quantitative estimate of drug-likeness (QED) is 0.777. The summed E-state index contributed by atoms with van der Waals surface area (Å²) in [4.78, 5) is 12.4. The molecule has 0 heterocycles. The van der Waals surface area contributed by atoms with Crippen LogP contribution in [-0.4, -0.2) is 34.0 Å². The van der Waals surface area contributed by atoms with E-state index in [1.165, 1.54) is 30.8 Å². The zero-order chi connectivity index (χ0) is 19.3. The molecule has 0 unspecified atom stereocenters. The summed E-state index contributed by atoms with van der Waals surface area (Å²) < 4.78 is 31.6. The number of sulfonamides is 1. The Morgan fingerprint density at radius 1 is 1.12 bits per heavy atom. The van der Waals surface area contributed by atoms with Crippen LogP contribution >= 0.6 is 0 Å². The summed E-state index contributed by atoms with van der Waals surface area (Å²) in [6, 6.07) is 11.5. The molecule has 0 spiro atoms. The molecule has 2 N–H and O–H groups in total. The molecule has 0 aliphatic carbocycles. The zero-order valence-electron chi connectivity index (χ0n) is 15.4. The van der Waals surface area contributed by atoms with Crippen LogP contribution in [0, 0.1) is 13.8 Å². The Hall–Kier alpha value is -2.38. The third kappa shape index (κ3) is 5.06. The lowest BCUT2D eigenvalue weighted by Gasteiger charge is -2.16. The molecule has 0 aliphatic rings. The highest BCUT2D eigenvalue weighted by molar-refractivity contribution is 7.89. The number of aryl methyl sites for hydroxylation is 2. The van der Waals surface area contributed by atoms with E-state index in [0.717, 1.165) is 11.3 Å². The molecule has 1 atom stereocenters. The summed E-state index contributed by atoms with van der Waals surface area (Å²) in [5, 5.41) is 2.81. The van der Waals surface area contributed by atoms with Crippen molar-refractivity contribution in [3.8, 4) is 5.75 Å². The number of ether oxygens (including phenoxy) is 1. The van der Waals surface area contributed by atoms with Gasteiger partial charge in [0.2, 0.25) is 10.0 Å². The predicted octanol–water partition coefficient (Wildman–Crippen LogP) is 2.41. The topological polar surface area (TPSA) is 84.5 Å². The smallest absolute Gasteiger partial charge is 0.251 e. The second-order valence-electron chi connectivity index (χ2n) is 6.17. The van der Waals surface area contributed by atoms with Crippen molar-refractivity contribution in [1.29, 1.82) is 0 Å². The Balaban J connectivity index is 1.98. The molecule has 0 fully saturated rings. The second kappa shape index (κ2) is 8.33. The number of carbonyl (C=O) groups is 1. The minimum Gasteiger partial charge on any atom is -0.491 e. The van der Waals surface area contributed by atoms with Crippen LogP contribution in [-0.2, 0) is 10.0 Å². The molecule has 0 saturated carbocycles. The summed E-state index contributed by atoms with van der Waals surface area (Å²) in [7, 11) is -2.26. The zero-order valence-corrected chi connectivity index (χ0v) is 16.2. The molecule has 140 valence electrons. The standard InChI is InChI=1S/C19H24N2O4S/c1-13-8-9-17(10-14(13)2)25-12-15(3)21-19(22)16-6-5-7-18(11-16)26(23,24)20-4/h5-11,15,20H,12H2,1-4H3,(H,21,22)/t15-/m1/s1. The van der Waals surface area contributed by atoms with E-state index >= 15 is 0 Å². The van der Waals surface area contributed by atoms with Gasteiger partial charge in [0.1, 0.15) is 12.4 Å². The van der Waals surface area contributed by atoms with Crippen LogP contribution in [0.25, 0.3) is 0 Å². The molecule has 26 heavy (non-hydrogen) atoms. The summed E-state index contributed by atoms with van der Waals surface area (Å²) in [5.74, 6) is 0.394. The maximum absolute atomic E-state index is 12.4. The summed E-state index contributed by atoms with van der Waals surface area (Å²) in [6.07, 6.45) is 0. The number of amides is 1. The van der Waals surface area contributed by atoms with Crippen molar-refractivity contribution >= 4 is 15.9 Å². The lowest BCUT2D eigenvalue weighted by atomic mass is 10.1. The molecule has 0 aromatic heterocycles. The van der Waals surface area contributed by atoms with Gasteiger partial charge in [0.15, 0.2) is 0 Å². The molecule has 0 bridgehead atoms. The van der Waals surface area contributed by atoms with E-state index in [-0.39, 0.29) is 22.4 Å². The predicted molar refractivity (Wildman–Crippen MR) is 101 cm³/mol. The summed E-state index contributed by atoms with van der Waals surface area (Å²) >= 11 is 0. The first kappa shape index (κ1) is 19.9. The normalized spacial score (nSPS) is 12.5. The van der Waals surface area contributed by atoms with Crippen molar-refractivity contribution in [3.63, 3.8) is 0 Å². The van der Waals surface area contributed by atoms with Gasteiger partial charge in [-0.05, 0) is 69.3 Å². The highest BCUT2D eigenvalue weighted by Crippen LogP contribution is 2.16. The molecule has 6 nitrogen and oxygen atoms in total. The fourth-order valence-electron chi connectivity index (χ4n) is 2.30. The first-order valence-electron chi connectivity index (χ1n) is 8.27. The number of hydrogen-bond donors (Lipinski definition) is 2. The van der Waals surface area contributed by atoms with Gasteiger partial charge in [-0.3, -0.25) is 4.79 Å². The number of benzene rings is 2. The van der Waals surface area contributed by atoms with Gasteiger partial charge in [-0.2, -0.15) is 0 Å². The van der Waals surface area contributed by atoms with Crippen molar-refractivity contribution in [2.24, 2.45) is 0 Å². The first-order valence-corrected chi connectivity index (χ1v) is 9.76. The van der Waals surface area contributed by atoms with Gasteiger partial charge >= 0.3 is 0 Å². The number of carbonyl (C=O) groups excluding carboxylic acids is 1. The number of hydrogen-bond acceptors (Lipinski definition) is 4. The van der Waals surface area contributed by atoms with Gasteiger partial charge in [-0.25, -0.2) is 13.1 Å². The number of nitrogens with one attached hydrogen (secondary N) is 2. The fraction of sp³-hybridized carbons (Fsp3) is 0.316. The molecule has 7 heteroatoms. The lowest BCUT2D eigenvalue weighted by Crippen LogP contribution is -2.36. The molecular weight excluding hydrogens is 352 g/mol. The minimum atomic E-state index is -3.59. The van der Waals surface area contributed by atoms with Gasteiger partial charge in [-0.15, -0.1) is 0 Å². The molecule has 1 amide bonds. The van der Waals surface area contributed by atoms with E-state index < -0.39 is 10.0 Å². The third-order valence-corrected chi connectivity index (χ3v) is 5.44. The van der Waals surface area contributed by atoms with E-state index in [4.69, 9.17) is 4.74 Å². The third-order valence-electron chi connectivity index (χ3n) is 4.03. The molecule has 0 radical (unpaired) electrons. The maximum Gasteiger partial charge on any atom is 0.251 e. The molecule has 2 aromatic carbocycles. The van der Waals surface area contributed by atoms with Gasteiger partial charge in [0, 0.05) is 5.56 Å². The van der Waals surface area contributed by atoms with Crippen molar-refractivity contribution in [1.82, 2.24) is 10.0 Å². The highest BCUT2D eigenvalue weighted by Gasteiger charge is 2.15. The number of rotatable bonds is 7. The Morgan fingerprint density at radius 3 is 2.50 bits per heavy atom. The largest absolute Gasteiger partial charge is 0.491 e. The van der Waals surface area contributed by atoms with E-state index in [1.807, 2.05) is 39.0 Å². The van der Waals surface area contributed by atoms with Crippen molar-refractivity contribution < 1.29 is 17.9 Å². The Morgan fingerprint density at radius 2 is 1.85 bits per heavy atom. The van der Waals surface area contributed by atoms with Crippen LogP contribution in [0.1, 0.15) is 28.4 Å². The van der Waals surface area contributed by atoms with E-state index in [1.54, 1.807) is 6.07 Å². The summed E-state index contributed by atoms with van der Waals surface area (Å²) in [6.45, 7) is 6.18. The van der Waals surface area contributed by atoms with E-state index in [0.29, 0.717) is 6.61 Å². The Labute approximate surface area is 154 Å². The SMILES string of the molecule is CNS(=O)(=O)c1cccc(C(=O)N[C@H](C)COc2ccc(C)c(C)c2)c1. The van der Waals surface area contributed by atoms with E-state index in [2.05, 4.69) is 10.0 Å². The minimum absolute atomic E-state index is 0.0479. The van der Waals surface area contributed by atoms with Crippen LogP contribution in [0.2, 0.25) is 0 Å². The maximum atomic E-state index is 12.4. The van der Waals surface area contributed by atoms with Crippen molar-refractivity contribution in [3.05, 3.63) is 59.2 Å². The summed E-state index contributed by atoms with van der Waals surface area (Å²) in [5.41, 5.74) is 2.61. The molecule has 0 saturated heterocycles. The van der Waals surface area contributed by atoms with Crippen LogP contribution in [0.15, 0.2) is 47.4 Å². The van der Waals surface area contributed by atoms with Gasteiger partial charge in [-0.1, -0.05) is 12.1 Å². The average Bonchev–Trinajstić information content (AvgIpc) is 2.62. The monoisotopic (exact) mass is 376 g/mol. The first-order chi connectivity index (χ1) is 12.2. The lowest BCUT2D eigenvalue weighted by molar-refractivity contribution is 0.0926. The highest BCUT2D eigenvalue weighted by atomic mass is 32.2. The van der Waals surface area contributed by atoms with Crippen molar-refractivity contribution in [2.45, 2.75) is 31.7 Å². The van der Waals surface area contributed by atoms with Crippen molar-refractivity contribution in [2.75, 3.05) is 13.7 Å². The average molecular weight is 376 g/mol. The molecule has 0 aliphatic heterocycles. The Kier molecular flexibility index (Phi) is 6.39. The van der Waals surface area contributed by atoms with Gasteiger partial charge < -0.3 is 10.1 Å². The Bertz CT molecular complexity index is 894. The molecule has 2 rings (SSSR count). The second-order valence-corrected chi connectivity index (χ2v) is 8.05.